The van der Waals surface area contributed by atoms with E-state index >= 15 is 0 Å². The predicted octanol–water partition coefficient (Wildman–Crippen LogP) is 2.94. The highest BCUT2D eigenvalue weighted by molar-refractivity contribution is 6.01. The number of rotatable bonds is 5. The fourth-order valence-electron chi connectivity index (χ4n) is 3.22. The molecule has 0 saturated heterocycles. The lowest BCUT2D eigenvalue weighted by molar-refractivity contribution is -0.119. The molecule has 6 nitrogen and oxygen atoms in total. The average molecular weight is 364 g/mol. The molecule has 0 saturated carbocycles. The number of carbonyl (C=O) groups excluding carboxylic acids is 2. The van der Waals surface area contributed by atoms with Crippen LogP contribution in [0, 0.1) is 0 Å². The van der Waals surface area contributed by atoms with Gasteiger partial charge < -0.3 is 10.2 Å². The minimum absolute atomic E-state index is 0.128. The van der Waals surface area contributed by atoms with Crippen LogP contribution in [0.3, 0.4) is 0 Å². The molecule has 2 aromatic carbocycles. The van der Waals surface area contributed by atoms with Gasteiger partial charge in [-0.2, -0.15) is 5.10 Å². The SMILES string of the molecule is CC(=O)Nc1cccc(/C(C)=N\NC(=O)CN2CCCc3ccccc32)c1. The molecule has 0 radical (unpaired) electrons. The van der Waals surface area contributed by atoms with E-state index in [0.717, 1.165) is 30.6 Å². The molecule has 0 aromatic heterocycles. The summed E-state index contributed by atoms with van der Waals surface area (Å²) < 4.78 is 0. The van der Waals surface area contributed by atoms with E-state index in [0.29, 0.717) is 11.4 Å². The molecule has 1 heterocycles. The van der Waals surface area contributed by atoms with Gasteiger partial charge in [-0.3, -0.25) is 9.59 Å². The van der Waals surface area contributed by atoms with Gasteiger partial charge in [0.25, 0.3) is 5.91 Å². The van der Waals surface area contributed by atoms with Crippen molar-refractivity contribution in [1.29, 1.82) is 0 Å². The van der Waals surface area contributed by atoms with Crippen molar-refractivity contribution in [2.45, 2.75) is 26.7 Å². The molecular weight excluding hydrogens is 340 g/mol. The Morgan fingerprint density at radius 3 is 2.74 bits per heavy atom. The van der Waals surface area contributed by atoms with Gasteiger partial charge in [-0.25, -0.2) is 5.43 Å². The van der Waals surface area contributed by atoms with Gasteiger partial charge in [0, 0.05) is 24.8 Å². The summed E-state index contributed by atoms with van der Waals surface area (Å²) in [4.78, 5) is 25.6. The molecule has 0 spiro atoms. The number of hydrogen-bond donors (Lipinski definition) is 2. The van der Waals surface area contributed by atoms with Gasteiger partial charge in [0.05, 0.1) is 12.3 Å². The van der Waals surface area contributed by atoms with E-state index in [-0.39, 0.29) is 18.4 Å². The Bertz CT molecular complexity index is 876. The molecule has 0 fully saturated rings. The van der Waals surface area contributed by atoms with Crippen molar-refractivity contribution >= 4 is 28.9 Å². The third-order valence-corrected chi connectivity index (χ3v) is 4.49. The summed E-state index contributed by atoms with van der Waals surface area (Å²) in [5, 5.41) is 6.95. The Hall–Kier alpha value is -3.15. The lowest BCUT2D eigenvalue weighted by Crippen LogP contribution is -2.38. The molecule has 1 aliphatic rings. The number of para-hydroxylation sites is 1. The summed E-state index contributed by atoms with van der Waals surface area (Å²) in [6.07, 6.45) is 2.10. The Labute approximate surface area is 159 Å². The number of anilines is 2. The second-order valence-corrected chi connectivity index (χ2v) is 6.65. The maximum Gasteiger partial charge on any atom is 0.259 e. The van der Waals surface area contributed by atoms with E-state index in [1.54, 1.807) is 0 Å². The van der Waals surface area contributed by atoms with Gasteiger partial charge in [0.1, 0.15) is 0 Å². The van der Waals surface area contributed by atoms with E-state index in [2.05, 4.69) is 32.9 Å². The van der Waals surface area contributed by atoms with Crippen LogP contribution in [0.1, 0.15) is 31.4 Å². The van der Waals surface area contributed by atoms with E-state index in [1.165, 1.54) is 12.5 Å². The number of fused-ring (bicyclic) bond motifs is 1. The summed E-state index contributed by atoms with van der Waals surface area (Å²) >= 11 is 0. The van der Waals surface area contributed by atoms with Crippen LogP contribution in [0.15, 0.2) is 53.6 Å². The normalized spacial score (nSPS) is 13.7. The van der Waals surface area contributed by atoms with E-state index < -0.39 is 0 Å². The van der Waals surface area contributed by atoms with E-state index in [9.17, 15) is 9.59 Å². The topological polar surface area (TPSA) is 73.8 Å². The lowest BCUT2D eigenvalue weighted by atomic mass is 10.0. The Kier molecular flexibility index (Phi) is 5.86. The van der Waals surface area contributed by atoms with Crippen molar-refractivity contribution in [1.82, 2.24) is 5.43 Å². The summed E-state index contributed by atoms with van der Waals surface area (Å²) in [6, 6.07) is 15.6. The molecule has 3 rings (SSSR count). The Morgan fingerprint density at radius 2 is 1.93 bits per heavy atom. The first-order chi connectivity index (χ1) is 13.0. The zero-order valence-corrected chi connectivity index (χ0v) is 15.7. The highest BCUT2D eigenvalue weighted by Crippen LogP contribution is 2.26. The fourth-order valence-corrected chi connectivity index (χ4v) is 3.22. The first-order valence-electron chi connectivity index (χ1n) is 9.07. The van der Waals surface area contributed by atoms with Crippen LogP contribution in [0.2, 0.25) is 0 Å². The zero-order chi connectivity index (χ0) is 19.2. The highest BCUT2D eigenvalue weighted by Gasteiger charge is 2.18. The summed E-state index contributed by atoms with van der Waals surface area (Å²) in [5.74, 6) is -0.277. The summed E-state index contributed by atoms with van der Waals surface area (Å²) in [7, 11) is 0. The number of hydrogen-bond acceptors (Lipinski definition) is 4. The molecule has 0 unspecified atom stereocenters. The number of benzene rings is 2. The largest absolute Gasteiger partial charge is 0.362 e. The van der Waals surface area contributed by atoms with Gasteiger partial charge in [-0.05, 0) is 49.1 Å². The van der Waals surface area contributed by atoms with Crippen molar-refractivity contribution in [2.75, 3.05) is 23.3 Å². The van der Waals surface area contributed by atoms with Gasteiger partial charge >= 0.3 is 0 Å². The first kappa shape index (κ1) is 18.6. The minimum Gasteiger partial charge on any atom is -0.362 e. The van der Waals surface area contributed by atoms with Crippen LogP contribution in [0.4, 0.5) is 11.4 Å². The van der Waals surface area contributed by atoms with Crippen LogP contribution in [0.25, 0.3) is 0 Å². The smallest absolute Gasteiger partial charge is 0.259 e. The minimum atomic E-state index is -0.149. The quantitative estimate of drug-likeness (QED) is 0.633. The standard InChI is InChI=1S/C21H24N4O2/c1-15(18-8-5-10-19(13-18)22-16(2)26)23-24-21(27)14-25-12-6-9-17-7-3-4-11-20(17)25/h3-5,7-8,10-11,13H,6,9,12,14H2,1-2H3,(H,22,26)(H,24,27)/b23-15-. The van der Waals surface area contributed by atoms with Crippen molar-refractivity contribution < 1.29 is 9.59 Å². The molecule has 140 valence electrons. The maximum atomic E-state index is 12.4. The van der Waals surface area contributed by atoms with Crippen LogP contribution >= 0.6 is 0 Å². The van der Waals surface area contributed by atoms with E-state index in [1.807, 2.05) is 43.3 Å². The predicted molar refractivity (Wildman–Crippen MR) is 108 cm³/mol. The first-order valence-corrected chi connectivity index (χ1v) is 9.07. The number of carbonyl (C=O) groups is 2. The molecule has 0 atom stereocenters. The van der Waals surface area contributed by atoms with E-state index in [4.69, 9.17) is 0 Å². The molecule has 0 bridgehead atoms. The molecular formula is C21H24N4O2. The third-order valence-electron chi connectivity index (χ3n) is 4.49. The number of hydrazone groups is 1. The molecule has 0 aliphatic carbocycles. The molecule has 27 heavy (non-hydrogen) atoms. The second kappa shape index (κ2) is 8.49. The van der Waals surface area contributed by atoms with Crippen LogP contribution in [-0.2, 0) is 16.0 Å². The second-order valence-electron chi connectivity index (χ2n) is 6.65. The average Bonchev–Trinajstić information content (AvgIpc) is 2.66. The number of nitrogens with one attached hydrogen (secondary N) is 2. The van der Waals surface area contributed by atoms with Gasteiger partial charge in [-0.15, -0.1) is 0 Å². The van der Waals surface area contributed by atoms with Crippen LogP contribution in [0.5, 0.6) is 0 Å². The van der Waals surface area contributed by atoms with Crippen molar-refractivity contribution in [3.63, 3.8) is 0 Å². The van der Waals surface area contributed by atoms with Crippen LogP contribution in [-0.4, -0.2) is 30.6 Å². The summed E-state index contributed by atoms with van der Waals surface area (Å²) in [5.41, 5.74) is 7.26. The molecule has 1 aliphatic heterocycles. The summed E-state index contributed by atoms with van der Waals surface area (Å²) in [6.45, 7) is 4.43. The third kappa shape index (κ3) is 4.94. The molecule has 2 amide bonds. The van der Waals surface area contributed by atoms with Crippen molar-refractivity contribution in [2.24, 2.45) is 5.10 Å². The van der Waals surface area contributed by atoms with Crippen LogP contribution < -0.4 is 15.6 Å². The van der Waals surface area contributed by atoms with Gasteiger partial charge in [0.15, 0.2) is 0 Å². The Morgan fingerprint density at radius 1 is 1.11 bits per heavy atom. The molecule has 2 aromatic rings. The maximum absolute atomic E-state index is 12.4. The number of amides is 2. The lowest BCUT2D eigenvalue weighted by Gasteiger charge is -2.30. The van der Waals surface area contributed by atoms with Crippen molar-refractivity contribution in [3.05, 3.63) is 59.7 Å². The zero-order valence-electron chi connectivity index (χ0n) is 15.7. The Balaban J connectivity index is 1.62. The van der Waals surface area contributed by atoms with Crippen molar-refractivity contribution in [3.8, 4) is 0 Å². The highest BCUT2D eigenvalue weighted by atomic mass is 16.2. The van der Waals surface area contributed by atoms with Gasteiger partial charge in [-0.1, -0.05) is 30.3 Å². The monoisotopic (exact) mass is 364 g/mol. The number of aryl methyl sites for hydroxylation is 1. The molecule has 2 N–H and O–H groups in total. The molecule has 6 heteroatoms. The number of nitrogens with zero attached hydrogens (tertiary/aromatic N) is 2. The van der Waals surface area contributed by atoms with Gasteiger partial charge in [0.2, 0.25) is 5.91 Å². The fraction of sp³-hybridized carbons (Fsp3) is 0.286.